The summed E-state index contributed by atoms with van der Waals surface area (Å²) in [5.41, 5.74) is 3.79. The molecule has 1 aromatic rings. The molecule has 106 valence electrons. The fourth-order valence-electron chi connectivity index (χ4n) is 2.97. The minimum Gasteiger partial charge on any atom is -0.496 e. The monoisotopic (exact) mass is 262 g/mol. The second-order valence-corrected chi connectivity index (χ2v) is 5.62. The van der Waals surface area contributed by atoms with E-state index >= 15 is 0 Å². The van der Waals surface area contributed by atoms with E-state index in [4.69, 9.17) is 4.74 Å². The van der Waals surface area contributed by atoms with Crippen molar-refractivity contribution >= 4 is 0 Å². The van der Waals surface area contributed by atoms with Gasteiger partial charge in [-0.15, -0.1) is 0 Å². The molecule has 0 aliphatic carbocycles. The Bertz CT molecular complexity index is 411. The van der Waals surface area contributed by atoms with Gasteiger partial charge < -0.3 is 15.4 Å². The van der Waals surface area contributed by atoms with Crippen molar-refractivity contribution in [1.29, 1.82) is 0 Å². The summed E-state index contributed by atoms with van der Waals surface area (Å²) in [6.07, 6.45) is 2.64. The molecule has 2 rings (SSSR count). The molecule has 1 aromatic carbocycles. The van der Waals surface area contributed by atoms with Gasteiger partial charge >= 0.3 is 0 Å². The molecule has 2 N–H and O–H groups in total. The summed E-state index contributed by atoms with van der Waals surface area (Å²) in [5.74, 6) is 1.80. The van der Waals surface area contributed by atoms with Gasteiger partial charge in [-0.3, -0.25) is 0 Å². The van der Waals surface area contributed by atoms with Gasteiger partial charge in [0.05, 0.1) is 7.11 Å². The largest absolute Gasteiger partial charge is 0.496 e. The molecule has 1 aliphatic rings. The first-order valence-corrected chi connectivity index (χ1v) is 7.26. The zero-order valence-electron chi connectivity index (χ0n) is 12.4. The molecule has 0 bridgehead atoms. The minimum absolute atomic E-state index is 0.769. The lowest BCUT2D eigenvalue weighted by Gasteiger charge is -2.23. The van der Waals surface area contributed by atoms with Crippen LogP contribution < -0.4 is 15.4 Å². The van der Waals surface area contributed by atoms with E-state index in [1.807, 2.05) is 0 Å². The Morgan fingerprint density at radius 1 is 1.37 bits per heavy atom. The molecule has 0 radical (unpaired) electrons. The van der Waals surface area contributed by atoms with E-state index in [2.05, 4.69) is 36.6 Å². The molecular formula is C16H26N2O. The van der Waals surface area contributed by atoms with Crippen LogP contribution >= 0.6 is 0 Å². The van der Waals surface area contributed by atoms with Gasteiger partial charge in [-0.25, -0.2) is 0 Å². The quantitative estimate of drug-likeness (QED) is 0.855. The Kier molecular flexibility index (Phi) is 5.23. The van der Waals surface area contributed by atoms with Gasteiger partial charge in [0.2, 0.25) is 0 Å². The topological polar surface area (TPSA) is 33.3 Å². The summed E-state index contributed by atoms with van der Waals surface area (Å²) >= 11 is 0. The molecule has 1 fully saturated rings. The predicted octanol–water partition coefficient (Wildman–Crippen LogP) is 2.40. The van der Waals surface area contributed by atoms with E-state index in [9.17, 15) is 0 Å². The molecule has 1 unspecified atom stereocenters. The van der Waals surface area contributed by atoms with Gasteiger partial charge in [0.1, 0.15) is 5.75 Å². The maximum atomic E-state index is 5.52. The van der Waals surface area contributed by atoms with Crippen molar-refractivity contribution in [2.24, 2.45) is 5.92 Å². The highest BCUT2D eigenvalue weighted by molar-refractivity contribution is 5.43. The van der Waals surface area contributed by atoms with Crippen molar-refractivity contribution in [3.05, 3.63) is 28.8 Å². The van der Waals surface area contributed by atoms with E-state index in [1.54, 1.807) is 7.11 Å². The maximum Gasteiger partial charge on any atom is 0.126 e. The lowest BCUT2D eigenvalue weighted by molar-refractivity contribution is 0.357. The van der Waals surface area contributed by atoms with Crippen LogP contribution in [0.15, 0.2) is 12.1 Å². The van der Waals surface area contributed by atoms with E-state index in [-0.39, 0.29) is 0 Å². The van der Waals surface area contributed by atoms with Crippen LogP contribution in [-0.4, -0.2) is 26.7 Å². The molecule has 0 saturated carbocycles. The Balaban J connectivity index is 1.91. The standard InChI is InChI=1S/C16H26N2O/c1-12-7-13(2)16(19-3)15(8-12)11-18-10-14-5-4-6-17-9-14/h7-8,14,17-18H,4-6,9-11H2,1-3H3. The highest BCUT2D eigenvalue weighted by Gasteiger charge is 2.13. The molecule has 0 spiro atoms. The van der Waals surface area contributed by atoms with Crippen LogP contribution in [0.25, 0.3) is 0 Å². The highest BCUT2D eigenvalue weighted by atomic mass is 16.5. The zero-order chi connectivity index (χ0) is 13.7. The normalized spacial score (nSPS) is 19.4. The predicted molar refractivity (Wildman–Crippen MR) is 79.8 cm³/mol. The second-order valence-electron chi connectivity index (χ2n) is 5.62. The van der Waals surface area contributed by atoms with Crippen LogP contribution in [-0.2, 0) is 6.54 Å². The summed E-state index contributed by atoms with van der Waals surface area (Å²) in [5, 5.41) is 7.04. The fraction of sp³-hybridized carbons (Fsp3) is 0.625. The summed E-state index contributed by atoms with van der Waals surface area (Å²) in [6.45, 7) is 8.56. The number of rotatable bonds is 5. The third-order valence-corrected chi connectivity index (χ3v) is 3.85. The first kappa shape index (κ1) is 14.4. The second kappa shape index (κ2) is 6.92. The molecule has 0 aromatic heterocycles. The number of nitrogens with one attached hydrogen (secondary N) is 2. The molecular weight excluding hydrogens is 236 g/mol. The number of hydrogen-bond donors (Lipinski definition) is 2. The average Bonchev–Trinajstić information content (AvgIpc) is 2.39. The molecule has 1 atom stereocenters. The van der Waals surface area contributed by atoms with Crippen LogP contribution in [0.5, 0.6) is 5.75 Å². The van der Waals surface area contributed by atoms with Crippen molar-refractivity contribution in [3.8, 4) is 5.75 Å². The van der Waals surface area contributed by atoms with Gasteiger partial charge in [-0.1, -0.05) is 17.7 Å². The summed E-state index contributed by atoms with van der Waals surface area (Å²) in [4.78, 5) is 0. The molecule has 0 amide bonds. The lowest BCUT2D eigenvalue weighted by atomic mass is 9.99. The van der Waals surface area contributed by atoms with Crippen LogP contribution in [0.4, 0.5) is 0 Å². The van der Waals surface area contributed by atoms with Gasteiger partial charge in [0, 0.05) is 12.1 Å². The van der Waals surface area contributed by atoms with Crippen molar-refractivity contribution < 1.29 is 4.74 Å². The molecule has 19 heavy (non-hydrogen) atoms. The number of benzene rings is 1. The number of aryl methyl sites for hydroxylation is 2. The number of ether oxygens (including phenoxy) is 1. The van der Waals surface area contributed by atoms with E-state index in [0.29, 0.717) is 0 Å². The highest BCUT2D eigenvalue weighted by Crippen LogP contribution is 2.25. The molecule has 1 heterocycles. The van der Waals surface area contributed by atoms with E-state index in [1.165, 1.54) is 36.1 Å². The Morgan fingerprint density at radius 3 is 2.89 bits per heavy atom. The third-order valence-electron chi connectivity index (χ3n) is 3.85. The fourth-order valence-corrected chi connectivity index (χ4v) is 2.97. The number of piperidine rings is 1. The van der Waals surface area contributed by atoms with E-state index < -0.39 is 0 Å². The Morgan fingerprint density at radius 2 is 2.21 bits per heavy atom. The number of methoxy groups -OCH3 is 1. The average molecular weight is 262 g/mol. The summed E-state index contributed by atoms with van der Waals surface area (Å²) in [7, 11) is 1.76. The lowest BCUT2D eigenvalue weighted by Crippen LogP contribution is -2.35. The van der Waals surface area contributed by atoms with Gasteiger partial charge in [0.25, 0.3) is 0 Å². The zero-order valence-corrected chi connectivity index (χ0v) is 12.4. The van der Waals surface area contributed by atoms with Crippen molar-refractivity contribution in [2.45, 2.75) is 33.2 Å². The van der Waals surface area contributed by atoms with Crippen LogP contribution in [0.3, 0.4) is 0 Å². The van der Waals surface area contributed by atoms with Crippen LogP contribution in [0.2, 0.25) is 0 Å². The molecule has 1 aliphatic heterocycles. The SMILES string of the molecule is COc1c(C)cc(C)cc1CNCC1CCCNC1. The minimum atomic E-state index is 0.769. The molecule has 3 heteroatoms. The van der Waals surface area contributed by atoms with Crippen LogP contribution in [0.1, 0.15) is 29.5 Å². The molecule has 3 nitrogen and oxygen atoms in total. The summed E-state index contributed by atoms with van der Waals surface area (Å²) in [6, 6.07) is 4.39. The Hall–Kier alpha value is -1.06. The molecule has 1 saturated heterocycles. The van der Waals surface area contributed by atoms with Crippen LogP contribution in [0, 0.1) is 19.8 Å². The van der Waals surface area contributed by atoms with Gasteiger partial charge in [-0.2, -0.15) is 0 Å². The van der Waals surface area contributed by atoms with Crippen molar-refractivity contribution in [1.82, 2.24) is 10.6 Å². The van der Waals surface area contributed by atoms with Gasteiger partial charge in [-0.05, 0) is 57.8 Å². The maximum absolute atomic E-state index is 5.52. The number of hydrogen-bond acceptors (Lipinski definition) is 3. The first-order valence-electron chi connectivity index (χ1n) is 7.26. The van der Waals surface area contributed by atoms with Gasteiger partial charge in [0.15, 0.2) is 0 Å². The third kappa shape index (κ3) is 3.95. The first-order chi connectivity index (χ1) is 9.20. The summed E-state index contributed by atoms with van der Waals surface area (Å²) < 4.78 is 5.52. The Labute approximate surface area is 116 Å². The van der Waals surface area contributed by atoms with Crippen molar-refractivity contribution in [2.75, 3.05) is 26.7 Å². The van der Waals surface area contributed by atoms with E-state index in [0.717, 1.165) is 31.3 Å². The van der Waals surface area contributed by atoms with Crippen molar-refractivity contribution in [3.63, 3.8) is 0 Å². The smallest absolute Gasteiger partial charge is 0.126 e.